The van der Waals surface area contributed by atoms with E-state index in [2.05, 4.69) is 156 Å². The first kappa shape index (κ1) is 25.8. The van der Waals surface area contributed by atoms with Gasteiger partial charge in [-0.15, -0.1) is 5.70 Å². The molecule has 1 unspecified atom stereocenters. The van der Waals surface area contributed by atoms with Gasteiger partial charge in [-0.2, -0.15) is 0 Å². The van der Waals surface area contributed by atoms with Gasteiger partial charge in [0.25, 0.3) is 0 Å². The molecular formula is C44H27N4-. The predicted molar refractivity (Wildman–Crippen MR) is 201 cm³/mol. The van der Waals surface area contributed by atoms with Crippen molar-refractivity contribution < 1.29 is 0 Å². The summed E-state index contributed by atoms with van der Waals surface area (Å²) in [5, 5.41) is 17.1. The van der Waals surface area contributed by atoms with Crippen LogP contribution in [0.25, 0.3) is 84.1 Å². The van der Waals surface area contributed by atoms with E-state index in [1.807, 2.05) is 0 Å². The van der Waals surface area contributed by atoms with Gasteiger partial charge in [0.15, 0.2) is 0 Å². The molecule has 224 valence electrons. The molecule has 0 radical (unpaired) electrons. The Labute approximate surface area is 275 Å². The zero-order valence-electron chi connectivity index (χ0n) is 25.8. The van der Waals surface area contributed by atoms with Crippen LogP contribution in [-0.4, -0.2) is 15.7 Å². The highest BCUT2D eigenvalue weighted by Crippen LogP contribution is 2.46. The Morgan fingerprint density at radius 3 is 1.77 bits per heavy atom. The maximum absolute atomic E-state index is 5.38. The molecule has 0 saturated heterocycles. The molecule has 48 heavy (non-hydrogen) atoms. The number of aromatic nitrogens is 2. The van der Waals surface area contributed by atoms with Crippen LogP contribution in [-0.2, 0) is 0 Å². The average molecular weight is 612 g/mol. The van der Waals surface area contributed by atoms with Crippen molar-refractivity contribution in [2.45, 2.75) is 6.04 Å². The number of nitrogens with one attached hydrogen (secondary N) is 2. The lowest BCUT2D eigenvalue weighted by atomic mass is 10.0. The van der Waals surface area contributed by atoms with Crippen LogP contribution in [0.2, 0.25) is 0 Å². The normalized spacial score (nSPS) is 18.7. The van der Waals surface area contributed by atoms with Crippen molar-refractivity contribution in [1.29, 1.82) is 0 Å². The molecule has 3 aliphatic heterocycles. The smallest absolute Gasteiger partial charge is 0.0737 e. The van der Waals surface area contributed by atoms with Gasteiger partial charge >= 0.3 is 0 Å². The summed E-state index contributed by atoms with van der Waals surface area (Å²) >= 11 is 0. The highest BCUT2D eigenvalue weighted by molar-refractivity contribution is 6.28. The van der Waals surface area contributed by atoms with E-state index in [0.717, 1.165) is 55.9 Å². The van der Waals surface area contributed by atoms with Crippen molar-refractivity contribution in [2.24, 2.45) is 4.99 Å². The van der Waals surface area contributed by atoms with Crippen molar-refractivity contribution >= 4 is 84.5 Å². The van der Waals surface area contributed by atoms with E-state index >= 15 is 0 Å². The van der Waals surface area contributed by atoms with Crippen molar-refractivity contribution in [3.63, 3.8) is 0 Å². The van der Waals surface area contributed by atoms with Crippen LogP contribution in [0, 0.1) is 0 Å². The summed E-state index contributed by atoms with van der Waals surface area (Å²) in [6.07, 6.45) is 8.96. The molecular weight excluding hydrogens is 585 g/mol. The van der Waals surface area contributed by atoms with Gasteiger partial charge in [0, 0.05) is 54.8 Å². The first-order valence-corrected chi connectivity index (χ1v) is 16.4. The fourth-order valence-electron chi connectivity index (χ4n) is 7.89. The molecule has 0 aliphatic carbocycles. The number of fused-ring (bicyclic) bond motifs is 21. The Hall–Kier alpha value is -6.39. The van der Waals surface area contributed by atoms with E-state index in [4.69, 9.17) is 10.3 Å². The molecule has 2 aromatic heterocycles. The van der Waals surface area contributed by atoms with E-state index in [9.17, 15) is 0 Å². The molecule has 5 heterocycles. The molecule has 2 N–H and O–H groups in total. The van der Waals surface area contributed by atoms with Gasteiger partial charge in [0.1, 0.15) is 0 Å². The fourth-order valence-corrected chi connectivity index (χ4v) is 7.89. The standard InChI is InChI=1S/C44H27N4/c1-2-10-26-18-34-33(17-25(26)9-1)41-21-37-29-13-5-6-14-30(29)39(45-37)23-43-35-19-27-11-3-4-12-28(27)20-36(35)44(48-43)24-40-32-16-8-7-15-31(32)38(46-40)22-42(34)47-41/h1-24,37,47-48H/q-1/b39-23-,40-24?,41-21-,42-22-. The van der Waals surface area contributed by atoms with Crippen LogP contribution < -0.4 is 10.7 Å². The number of H-pyrrole nitrogens is 2. The molecule has 8 bridgehead atoms. The van der Waals surface area contributed by atoms with Gasteiger partial charge in [0.2, 0.25) is 0 Å². The summed E-state index contributed by atoms with van der Waals surface area (Å²) < 4.78 is 0. The minimum atomic E-state index is -0.126. The Bertz CT molecular complexity index is 2920. The van der Waals surface area contributed by atoms with Gasteiger partial charge in [0.05, 0.1) is 11.4 Å². The lowest BCUT2D eigenvalue weighted by Crippen LogP contribution is -2.13. The molecule has 3 aliphatic rings. The molecule has 0 spiro atoms. The zero-order valence-corrected chi connectivity index (χ0v) is 25.8. The monoisotopic (exact) mass is 611 g/mol. The first-order chi connectivity index (χ1) is 23.7. The molecule has 4 heteroatoms. The summed E-state index contributed by atoms with van der Waals surface area (Å²) in [5.74, 6) is 0. The largest absolute Gasteiger partial charge is 0.674 e. The number of aliphatic imine (C=N–C) groups is 1. The van der Waals surface area contributed by atoms with Gasteiger partial charge in [-0.05, 0) is 63.5 Å². The van der Waals surface area contributed by atoms with Crippen molar-refractivity contribution in [3.8, 4) is 0 Å². The third-order valence-electron chi connectivity index (χ3n) is 10.2. The Morgan fingerprint density at radius 2 is 1.06 bits per heavy atom. The van der Waals surface area contributed by atoms with Gasteiger partial charge in [-0.1, -0.05) is 121 Å². The van der Waals surface area contributed by atoms with Crippen LogP contribution in [0.5, 0.6) is 0 Å². The van der Waals surface area contributed by atoms with Gasteiger partial charge in [-0.3, -0.25) is 0 Å². The highest BCUT2D eigenvalue weighted by atomic mass is 15.0. The lowest BCUT2D eigenvalue weighted by molar-refractivity contribution is 1.13. The maximum atomic E-state index is 5.38. The molecule has 0 amide bonds. The molecule has 1 atom stereocenters. The van der Waals surface area contributed by atoms with Crippen LogP contribution in [0.3, 0.4) is 0 Å². The molecule has 6 aromatic carbocycles. The third kappa shape index (κ3) is 3.74. The summed E-state index contributed by atoms with van der Waals surface area (Å²) in [4.78, 5) is 12.9. The lowest BCUT2D eigenvalue weighted by Gasteiger charge is -2.22. The number of hydrogen-bond donors (Lipinski definition) is 2. The molecule has 0 saturated carbocycles. The number of benzene rings is 6. The maximum Gasteiger partial charge on any atom is 0.0737 e. The number of aromatic amines is 2. The second kappa shape index (κ2) is 9.57. The van der Waals surface area contributed by atoms with Crippen molar-refractivity contribution in [1.82, 2.24) is 9.97 Å². The zero-order chi connectivity index (χ0) is 31.3. The topological polar surface area (TPSA) is 58.0 Å². The van der Waals surface area contributed by atoms with E-state index in [0.29, 0.717) is 0 Å². The highest BCUT2D eigenvalue weighted by Gasteiger charge is 2.21. The first-order valence-electron chi connectivity index (χ1n) is 16.4. The molecule has 0 fully saturated rings. The SMILES string of the molecule is C1=C2N=C(/C=c3\[nH]/c(c4cc5ccccc5cc34)=C\C3[N-]/C(=C\c4[nH]c1c1cc5ccccc5cc41)c1ccccc13)c1ccccc12. The Kier molecular flexibility index (Phi) is 5.13. The van der Waals surface area contributed by atoms with E-state index < -0.39 is 0 Å². The summed E-state index contributed by atoms with van der Waals surface area (Å²) in [6, 6.07) is 43.4. The second-order valence-corrected chi connectivity index (χ2v) is 13.0. The molecule has 4 nitrogen and oxygen atoms in total. The van der Waals surface area contributed by atoms with Crippen molar-refractivity contribution in [2.75, 3.05) is 0 Å². The van der Waals surface area contributed by atoms with E-state index in [1.165, 1.54) is 48.7 Å². The minimum absolute atomic E-state index is 0.126. The number of rotatable bonds is 0. The van der Waals surface area contributed by atoms with Crippen LogP contribution >= 0.6 is 0 Å². The average Bonchev–Trinajstić information content (AvgIpc) is 3.85. The number of hydrogen-bond acceptors (Lipinski definition) is 1. The minimum Gasteiger partial charge on any atom is -0.674 e. The summed E-state index contributed by atoms with van der Waals surface area (Å²) in [5.41, 5.74) is 9.61. The Balaban J connectivity index is 1.27. The predicted octanol–water partition coefficient (Wildman–Crippen LogP) is 9.46. The van der Waals surface area contributed by atoms with E-state index in [-0.39, 0.29) is 6.04 Å². The van der Waals surface area contributed by atoms with Gasteiger partial charge in [-0.25, -0.2) is 4.99 Å². The quantitative estimate of drug-likeness (QED) is 0.172. The molecule has 8 aromatic rings. The molecule has 11 rings (SSSR count). The number of nitrogens with zero attached hydrogens (tertiary/aromatic N) is 2. The van der Waals surface area contributed by atoms with Crippen LogP contribution in [0.1, 0.15) is 39.7 Å². The summed E-state index contributed by atoms with van der Waals surface area (Å²) in [7, 11) is 0. The van der Waals surface area contributed by atoms with E-state index in [1.54, 1.807) is 0 Å². The Morgan fingerprint density at radius 1 is 0.500 bits per heavy atom. The van der Waals surface area contributed by atoms with Crippen LogP contribution in [0.4, 0.5) is 0 Å². The summed E-state index contributed by atoms with van der Waals surface area (Å²) in [6.45, 7) is 0. The van der Waals surface area contributed by atoms with Crippen LogP contribution in [0.15, 0.2) is 126 Å². The third-order valence-corrected chi connectivity index (χ3v) is 10.2. The fraction of sp³-hybridized carbons (Fsp3) is 0.0227. The second-order valence-electron chi connectivity index (χ2n) is 13.0. The van der Waals surface area contributed by atoms with Gasteiger partial charge < -0.3 is 15.3 Å². The van der Waals surface area contributed by atoms with Crippen molar-refractivity contribution in [3.05, 3.63) is 171 Å².